The van der Waals surface area contributed by atoms with Crippen molar-refractivity contribution >= 4 is 32.9 Å². The number of para-hydroxylation sites is 2. The first kappa shape index (κ1) is 12.7. The van der Waals surface area contributed by atoms with Crippen LogP contribution in [0.25, 0.3) is 0 Å². The number of fused-ring (bicyclic) bond motifs is 1. The molecule has 3 rings (SSSR count). The van der Waals surface area contributed by atoms with E-state index in [-0.39, 0.29) is 23.6 Å². The summed E-state index contributed by atoms with van der Waals surface area (Å²) in [5.41, 5.74) is 0.812. The van der Waals surface area contributed by atoms with Crippen LogP contribution in [-0.2, 0) is 9.84 Å². The second-order valence-electron chi connectivity index (χ2n) is 4.74. The molecule has 0 aromatic heterocycles. The SMILES string of the molecule is COc1ccccc1N1C(=S)N[C@@H]2CS(=O)(=O)C[C@H]21. The number of nitrogens with one attached hydrogen (secondary N) is 1. The van der Waals surface area contributed by atoms with Gasteiger partial charge in [-0.05, 0) is 24.4 Å². The lowest BCUT2D eigenvalue weighted by atomic mass is 10.1. The first-order chi connectivity index (χ1) is 9.02. The third kappa shape index (κ3) is 2.06. The van der Waals surface area contributed by atoms with Crippen LogP contribution in [-0.4, -0.2) is 44.2 Å². The summed E-state index contributed by atoms with van der Waals surface area (Å²) in [5.74, 6) is 0.961. The van der Waals surface area contributed by atoms with Gasteiger partial charge in [0.05, 0.1) is 36.4 Å². The van der Waals surface area contributed by atoms with Crippen LogP contribution in [0.3, 0.4) is 0 Å². The number of hydrogen-bond donors (Lipinski definition) is 1. The van der Waals surface area contributed by atoms with Crippen molar-refractivity contribution in [1.82, 2.24) is 5.32 Å². The summed E-state index contributed by atoms with van der Waals surface area (Å²) in [5, 5.41) is 3.66. The molecule has 1 aromatic carbocycles. The first-order valence-electron chi connectivity index (χ1n) is 5.95. The maximum Gasteiger partial charge on any atom is 0.174 e. The van der Waals surface area contributed by atoms with Gasteiger partial charge in [-0.15, -0.1) is 0 Å². The monoisotopic (exact) mass is 298 g/mol. The quantitative estimate of drug-likeness (QED) is 0.805. The van der Waals surface area contributed by atoms with E-state index in [0.29, 0.717) is 10.9 Å². The van der Waals surface area contributed by atoms with Gasteiger partial charge in [0.2, 0.25) is 0 Å². The van der Waals surface area contributed by atoms with Crippen molar-refractivity contribution in [2.45, 2.75) is 12.1 Å². The highest BCUT2D eigenvalue weighted by Gasteiger charge is 2.48. The summed E-state index contributed by atoms with van der Waals surface area (Å²) >= 11 is 5.32. The number of ether oxygens (including phenoxy) is 1. The Bertz CT molecular complexity index is 630. The second kappa shape index (κ2) is 4.35. The van der Waals surface area contributed by atoms with Crippen molar-refractivity contribution in [3.63, 3.8) is 0 Å². The Labute approximate surface area is 117 Å². The highest BCUT2D eigenvalue weighted by atomic mass is 32.2. The maximum absolute atomic E-state index is 11.7. The molecule has 2 atom stereocenters. The van der Waals surface area contributed by atoms with E-state index in [9.17, 15) is 8.42 Å². The molecule has 0 saturated carbocycles. The van der Waals surface area contributed by atoms with Crippen LogP contribution >= 0.6 is 12.2 Å². The summed E-state index contributed by atoms with van der Waals surface area (Å²) in [6.07, 6.45) is 0. The summed E-state index contributed by atoms with van der Waals surface area (Å²) in [6, 6.07) is 7.22. The van der Waals surface area contributed by atoms with Gasteiger partial charge in [-0.2, -0.15) is 0 Å². The Morgan fingerprint density at radius 3 is 2.84 bits per heavy atom. The molecule has 1 aromatic rings. The molecule has 1 N–H and O–H groups in total. The van der Waals surface area contributed by atoms with Crippen molar-refractivity contribution in [2.75, 3.05) is 23.5 Å². The molecule has 0 aliphatic carbocycles. The van der Waals surface area contributed by atoms with Crippen molar-refractivity contribution < 1.29 is 13.2 Å². The van der Waals surface area contributed by atoms with Crippen molar-refractivity contribution in [3.8, 4) is 5.75 Å². The summed E-state index contributed by atoms with van der Waals surface area (Å²) in [6.45, 7) is 0. The third-order valence-electron chi connectivity index (χ3n) is 3.53. The van der Waals surface area contributed by atoms with E-state index in [2.05, 4.69) is 5.32 Å². The van der Waals surface area contributed by atoms with Crippen LogP contribution in [0.5, 0.6) is 5.75 Å². The lowest BCUT2D eigenvalue weighted by Gasteiger charge is -2.24. The molecule has 0 amide bonds. The maximum atomic E-state index is 11.7. The largest absolute Gasteiger partial charge is 0.495 e. The lowest BCUT2D eigenvalue weighted by molar-refractivity contribution is 0.415. The summed E-state index contributed by atoms with van der Waals surface area (Å²) in [4.78, 5) is 1.86. The van der Waals surface area contributed by atoms with Gasteiger partial charge >= 0.3 is 0 Å². The molecule has 2 fully saturated rings. The molecule has 2 heterocycles. The van der Waals surface area contributed by atoms with Crippen molar-refractivity contribution in [3.05, 3.63) is 24.3 Å². The fourth-order valence-electron chi connectivity index (χ4n) is 2.72. The Morgan fingerprint density at radius 2 is 2.11 bits per heavy atom. The van der Waals surface area contributed by atoms with Gasteiger partial charge in [-0.3, -0.25) is 0 Å². The molecular weight excluding hydrogens is 284 g/mol. The van der Waals surface area contributed by atoms with E-state index in [1.165, 1.54) is 0 Å². The van der Waals surface area contributed by atoms with E-state index >= 15 is 0 Å². The summed E-state index contributed by atoms with van der Waals surface area (Å²) in [7, 11) is -1.40. The van der Waals surface area contributed by atoms with Crippen LogP contribution in [0.2, 0.25) is 0 Å². The van der Waals surface area contributed by atoms with Gasteiger partial charge < -0.3 is 15.0 Å². The zero-order valence-electron chi connectivity index (χ0n) is 10.4. The molecular formula is C12H14N2O3S2. The number of rotatable bonds is 2. The van der Waals surface area contributed by atoms with E-state index in [1.54, 1.807) is 7.11 Å². The van der Waals surface area contributed by atoms with Crippen LogP contribution < -0.4 is 15.0 Å². The smallest absolute Gasteiger partial charge is 0.174 e. The van der Waals surface area contributed by atoms with Crippen LogP contribution in [0.1, 0.15) is 0 Å². The number of nitrogens with zero attached hydrogens (tertiary/aromatic N) is 1. The Morgan fingerprint density at radius 1 is 1.37 bits per heavy atom. The zero-order valence-corrected chi connectivity index (χ0v) is 12.0. The molecule has 2 saturated heterocycles. The molecule has 5 nitrogen and oxygen atoms in total. The zero-order chi connectivity index (χ0) is 13.6. The number of sulfone groups is 1. The van der Waals surface area contributed by atoms with Crippen molar-refractivity contribution in [2.24, 2.45) is 0 Å². The minimum atomic E-state index is -2.99. The van der Waals surface area contributed by atoms with Crippen LogP contribution in [0, 0.1) is 0 Å². The standard InChI is InChI=1S/C12H14N2O3S2/c1-17-11-5-3-2-4-9(11)14-10-7-19(15,16)6-8(10)13-12(14)18/h2-5,8,10H,6-7H2,1H3,(H,13,18)/t8-,10-/m1/s1. The average Bonchev–Trinajstić information content (AvgIpc) is 2.79. The molecule has 7 heteroatoms. The molecule has 102 valence electrons. The fraction of sp³-hybridized carbons (Fsp3) is 0.417. The number of benzene rings is 1. The van der Waals surface area contributed by atoms with Gasteiger partial charge in [-0.25, -0.2) is 8.42 Å². The second-order valence-corrected chi connectivity index (χ2v) is 7.28. The van der Waals surface area contributed by atoms with Crippen LogP contribution in [0.4, 0.5) is 5.69 Å². The minimum Gasteiger partial charge on any atom is -0.495 e. The number of anilines is 1. The topological polar surface area (TPSA) is 58.6 Å². The minimum absolute atomic E-state index is 0.123. The van der Waals surface area contributed by atoms with Gasteiger partial charge in [0.1, 0.15) is 5.75 Å². The van der Waals surface area contributed by atoms with E-state index in [1.807, 2.05) is 29.2 Å². The molecule has 0 radical (unpaired) electrons. The van der Waals surface area contributed by atoms with Crippen LogP contribution in [0.15, 0.2) is 24.3 Å². The first-order valence-corrected chi connectivity index (χ1v) is 8.18. The Kier molecular flexibility index (Phi) is 2.90. The molecule has 19 heavy (non-hydrogen) atoms. The number of methoxy groups -OCH3 is 1. The van der Waals surface area contributed by atoms with Gasteiger partial charge in [0.25, 0.3) is 0 Å². The van der Waals surface area contributed by atoms with E-state index in [0.717, 1.165) is 5.69 Å². The molecule has 2 aliphatic heterocycles. The van der Waals surface area contributed by atoms with Gasteiger partial charge in [0, 0.05) is 0 Å². The van der Waals surface area contributed by atoms with Crippen molar-refractivity contribution in [1.29, 1.82) is 0 Å². The Hall–Kier alpha value is -1.34. The lowest BCUT2D eigenvalue weighted by Crippen LogP contribution is -2.37. The fourth-order valence-corrected chi connectivity index (χ4v) is 4.99. The number of thiocarbonyl (C=S) groups is 1. The Balaban J connectivity index is 2.02. The predicted molar refractivity (Wildman–Crippen MR) is 77.4 cm³/mol. The summed E-state index contributed by atoms with van der Waals surface area (Å²) < 4.78 is 28.8. The highest BCUT2D eigenvalue weighted by molar-refractivity contribution is 7.91. The molecule has 0 bridgehead atoms. The normalized spacial score (nSPS) is 28.1. The molecule has 2 aliphatic rings. The predicted octanol–water partition coefficient (Wildman–Crippen LogP) is 0.555. The molecule has 0 unspecified atom stereocenters. The van der Waals surface area contributed by atoms with E-state index < -0.39 is 9.84 Å². The van der Waals surface area contributed by atoms with Gasteiger partial charge in [0.15, 0.2) is 14.9 Å². The average molecular weight is 298 g/mol. The van der Waals surface area contributed by atoms with Gasteiger partial charge in [-0.1, -0.05) is 12.1 Å². The number of hydrogen-bond acceptors (Lipinski definition) is 4. The van der Waals surface area contributed by atoms with E-state index in [4.69, 9.17) is 17.0 Å². The highest BCUT2D eigenvalue weighted by Crippen LogP contribution is 2.35. The third-order valence-corrected chi connectivity index (χ3v) is 5.56. The molecule has 0 spiro atoms.